The third kappa shape index (κ3) is 11.7. The molecule has 2 aliphatic heterocycles. The summed E-state index contributed by atoms with van der Waals surface area (Å²) < 4.78 is 51.1. The van der Waals surface area contributed by atoms with Crippen LogP contribution in [0.1, 0.15) is 106 Å². The normalized spacial score (nSPS) is 18.7. The molecule has 17 heteroatoms. The molecular weight excluding hydrogens is 1020 g/mol. The molecule has 1 saturated heterocycles. The minimum absolute atomic E-state index is 0.0448. The van der Waals surface area contributed by atoms with Crippen molar-refractivity contribution in [3.05, 3.63) is 116 Å². The number of carbonyl (C=O) groups excluding carboxylic acids is 1. The van der Waals surface area contributed by atoms with Crippen LogP contribution in [0.3, 0.4) is 0 Å². The molecule has 0 spiro atoms. The Kier molecular flexibility index (Phi) is 19.0. The Morgan fingerprint density at radius 2 is 1.46 bits per heavy atom. The zero-order chi connectivity index (χ0) is 57.0. The monoisotopic (exact) mass is 1100 g/mol. The Bertz CT molecular complexity index is 2820. The summed E-state index contributed by atoms with van der Waals surface area (Å²) in [6, 6.07) is 15.7. The molecule has 1 aliphatic carbocycles. The number of alkyl carbamates (subject to hydrolysis) is 1. The van der Waals surface area contributed by atoms with Crippen LogP contribution < -0.4 is 28.7 Å². The molecule has 1 fully saturated rings. The number of morpholine rings is 1. The first kappa shape index (κ1) is 59.9. The predicted octanol–water partition coefficient (Wildman–Crippen LogP) is 12.5. The fraction of sp³-hybridized carbons (Fsp3) is 0.557. The molecule has 78 heavy (non-hydrogen) atoms. The van der Waals surface area contributed by atoms with Crippen LogP contribution in [0.15, 0.2) is 54.6 Å². The molecular formula is C61H85N5O10Si2. The van der Waals surface area contributed by atoms with Crippen LogP contribution in [0.25, 0.3) is 20.8 Å². The lowest BCUT2D eigenvalue weighted by molar-refractivity contribution is -0.0612. The van der Waals surface area contributed by atoms with E-state index in [9.17, 15) is 5.11 Å². The molecule has 1 amide bonds. The first-order valence-corrected chi connectivity index (χ1v) is 33.0. The van der Waals surface area contributed by atoms with Crippen molar-refractivity contribution in [3.63, 3.8) is 0 Å². The van der Waals surface area contributed by atoms with E-state index in [0.717, 1.165) is 22.3 Å². The van der Waals surface area contributed by atoms with Gasteiger partial charge in [0.2, 0.25) is 0 Å². The summed E-state index contributed by atoms with van der Waals surface area (Å²) in [6.07, 6.45) is -0.680. The molecule has 4 aromatic carbocycles. The molecule has 2 heterocycles. The van der Waals surface area contributed by atoms with Crippen molar-refractivity contribution in [1.82, 2.24) is 15.1 Å². The number of rotatable bonds is 21. The van der Waals surface area contributed by atoms with Crippen LogP contribution in [-0.2, 0) is 26.7 Å². The second-order valence-corrected chi connectivity index (χ2v) is 33.2. The van der Waals surface area contributed by atoms with Gasteiger partial charge in [0.05, 0.1) is 53.2 Å². The zero-order valence-electron chi connectivity index (χ0n) is 49.1. The smallest absolute Gasteiger partial charge is 0.407 e. The van der Waals surface area contributed by atoms with Gasteiger partial charge in [0, 0.05) is 59.9 Å². The predicted molar refractivity (Wildman–Crippen MR) is 311 cm³/mol. The summed E-state index contributed by atoms with van der Waals surface area (Å²) in [4.78, 5) is 27.6. The maximum atomic E-state index is 15.0. The molecule has 0 radical (unpaired) electrons. The van der Waals surface area contributed by atoms with E-state index < -0.39 is 47.0 Å². The maximum Gasteiger partial charge on any atom is 0.407 e. The fourth-order valence-electron chi connectivity index (χ4n) is 11.9. The number of methoxy groups -OCH3 is 4. The number of phenols is 1. The fourth-order valence-corrected chi connectivity index (χ4v) is 15.4. The molecule has 5 atom stereocenters. The number of carbonyl (C=O) groups is 1. The Morgan fingerprint density at radius 1 is 0.872 bits per heavy atom. The Balaban J connectivity index is 1.37. The van der Waals surface area contributed by atoms with Gasteiger partial charge < -0.3 is 47.7 Å². The summed E-state index contributed by atoms with van der Waals surface area (Å²) >= 11 is 0. The van der Waals surface area contributed by atoms with E-state index in [4.69, 9.17) is 50.4 Å². The number of phenolic OH excluding ortho intramolecular Hbond substituents is 1. The number of fused-ring (bicyclic) bond motifs is 4. The van der Waals surface area contributed by atoms with Gasteiger partial charge in [-0.3, -0.25) is 9.69 Å². The van der Waals surface area contributed by atoms with Gasteiger partial charge >= 0.3 is 6.09 Å². The highest BCUT2D eigenvalue weighted by Crippen LogP contribution is 2.53. The summed E-state index contributed by atoms with van der Waals surface area (Å²) in [5.74, 6) is 1.92. The number of hydrogen-bond acceptors (Lipinski definition) is 12. The number of ether oxygens (including phenoxy) is 6. The number of nitrogens with zero attached hydrogens (tertiary/aromatic N) is 4. The van der Waals surface area contributed by atoms with Crippen LogP contribution in [0.5, 0.6) is 34.5 Å². The van der Waals surface area contributed by atoms with E-state index in [2.05, 4.69) is 112 Å². The van der Waals surface area contributed by atoms with Gasteiger partial charge in [-0.2, -0.15) is 0 Å². The molecule has 0 saturated carbocycles. The standard InChI is InChI=1S/C61H85N5O10Si2/c1-37(2)78(18,38(3)4)75-29-27-42-34-65(28-30-73-42)59(63-11)50-33-47-52(54(67)58(72-15)40(6)56(47)70-13)53(66(50)36-62-10)49(31-41-32-51(76-77(16,17)61(7,8)9)57(71-14)39(5)55(41)69-12)64-60(68)74-35-48-45-25-21-19-23-43(45)44-24-20-22-26-46(44)48/h19-26,32,37-38,42,48-50,53,59,67H,27-31,33-36H2,1-9,12-18H3,(H,64,68)/t42-,49?,50?,53?,59?/m0/s1. The lowest BCUT2D eigenvalue weighted by atomic mass is 9.79. The first-order valence-electron chi connectivity index (χ1n) is 27.5. The van der Waals surface area contributed by atoms with Gasteiger partial charge in [0.15, 0.2) is 25.6 Å². The topological polar surface area (TPSA) is 138 Å². The average molecular weight is 1100 g/mol. The van der Waals surface area contributed by atoms with Crippen molar-refractivity contribution < 1.29 is 47.2 Å². The SMILES string of the molecule is [C-]#[N+]CN1C(C([N+]#[C-])N2CCO[C@@H](CCO[Si](C)(C(C)C)C(C)C)C2)Cc2c(OC)c(C)c(OC)c(O)c2C1C(Cc1cc(O[Si](C)(C)C(C)(C)C)c(OC)c(C)c1OC)NC(=O)OCC1c2ccccc2-c2ccccc21. The number of nitrogens with one attached hydrogen (secondary N) is 1. The van der Waals surface area contributed by atoms with Crippen molar-refractivity contribution >= 4 is 22.7 Å². The van der Waals surface area contributed by atoms with Crippen molar-refractivity contribution in [2.75, 3.05) is 68.0 Å². The number of amides is 1. The number of benzene rings is 4. The Hall–Kier alpha value is -5.80. The average Bonchev–Trinajstić information content (AvgIpc) is 3.89. The number of aromatic hydroxyl groups is 1. The molecule has 15 nitrogen and oxygen atoms in total. The highest BCUT2D eigenvalue weighted by Gasteiger charge is 2.52. The van der Waals surface area contributed by atoms with Crippen LogP contribution in [0.2, 0.25) is 35.8 Å². The molecule has 3 aliphatic rings. The molecule has 4 aromatic rings. The largest absolute Gasteiger partial charge is 0.541 e. The van der Waals surface area contributed by atoms with Gasteiger partial charge in [0.25, 0.3) is 21.2 Å². The van der Waals surface area contributed by atoms with Crippen molar-refractivity contribution in [1.29, 1.82) is 0 Å². The van der Waals surface area contributed by atoms with E-state index in [1.165, 1.54) is 7.11 Å². The molecule has 0 bridgehead atoms. The maximum absolute atomic E-state index is 15.0. The van der Waals surface area contributed by atoms with Crippen molar-refractivity contribution in [3.8, 4) is 45.6 Å². The van der Waals surface area contributed by atoms with Crippen LogP contribution >= 0.6 is 0 Å². The second kappa shape index (κ2) is 24.7. The molecule has 7 rings (SSSR count). The first-order chi connectivity index (χ1) is 37.0. The van der Waals surface area contributed by atoms with E-state index >= 15 is 4.79 Å². The van der Waals surface area contributed by atoms with Gasteiger partial charge in [-0.05, 0) is 90.8 Å². The summed E-state index contributed by atoms with van der Waals surface area (Å²) in [5.41, 5.74) is 8.26. The van der Waals surface area contributed by atoms with E-state index in [-0.39, 0.29) is 54.7 Å². The number of hydrogen-bond donors (Lipinski definition) is 2. The highest BCUT2D eigenvalue weighted by molar-refractivity contribution is 6.75. The van der Waals surface area contributed by atoms with Crippen LogP contribution in [0.4, 0.5) is 4.79 Å². The van der Waals surface area contributed by atoms with Crippen LogP contribution in [-0.4, -0.2) is 130 Å². The Labute approximate surface area is 466 Å². The van der Waals surface area contributed by atoms with Gasteiger partial charge in [-0.25, -0.2) is 27.7 Å². The van der Waals surface area contributed by atoms with Gasteiger partial charge in [-0.15, -0.1) is 0 Å². The minimum Gasteiger partial charge on any atom is -0.541 e. The van der Waals surface area contributed by atoms with Gasteiger partial charge in [-0.1, -0.05) is 97.0 Å². The van der Waals surface area contributed by atoms with E-state index in [1.54, 1.807) is 21.3 Å². The summed E-state index contributed by atoms with van der Waals surface area (Å²) in [7, 11) is 1.80. The minimum atomic E-state index is -2.48. The lowest BCUT2D eigenvalue weighted by Gasteiger charge is -2.46. The van der Waals surface area contributed by atoms with Gasteiger partial charge in [0.1, 0.15) is 29.9 Å². The van der Waals surface area contributed by atoms with Crippen molar-refractivity contribution in [2.45, 2.75) is 154 Å². The molecule has 422 valence electrons. The highest BCUT2D eigenvalue weighted by atomic mass is 28.4. The van der Waals surface area contributed by atoms with Crippen molar-refractivity contribution in [2.24, 2.45) is 0 Å². The third-order valence-electron chi connectivity index (χ3n) is 17.6. The summed E-state index contributed by atoms with van der Waals surface area (Å²) in [5, 5.41) is 15.9. The molecule has 4 unspecified atom stereocenters. The molecule has 0 aromatic heterocycles. The quantitative estimate of drug-likeness (QED) is 0.0607. The molecule has 2 N–H and O–H groups in total. The Morgan fingerprint density at radius 3 is 2.01 bits per heavy atom. The zero-order valence-corrected chi connectivity index (χ0v) is 51.1. The van der Waals surface area contributed by atoms with E-state index in [0.29, 0.717) is 94.6 Å². The van der Waals surface area contributed by atoms with Crippen LogP contribution in [0, 0.1) is 27.0 Å². The van der Waals surface area contributed by atoms with E-state index in [1.807, 2.05) is 49.1 Å². The lowest BCUT2D eigenvalue weighted by Crippen LogP contribution is -2.61. The third-order valence-corrected chi connectivity index (χ3v) is 27.4. The summed E-state index contributed by atoms with van der Waals surface area (Å²) in [6.45, 7) is 45.3. The second-order valence-electron chi connectivity index (χ2n) is 23.5.